The van der Waals surface area contributed by atoms with Gasteiger partial charge in [-0.2, -0.15) is 0 Å². The van der Waals surface area contributed by atoms with Crippen LogP contribution in [0.3, 0.4) is 0 Å². The Kier molecular flexibility index (Phi) is 6.25. The summed E-state index contributed by atoms with van der Waals surface area (Å²) in [7, 11) is 0. The minimum atomic E-state index is 0.202. The standard InChI is InChI=1S/C19H31NO/c1-19(2,3)20-14-13-16-9-11-17(12-10-16)15-21-18-7-5-4-6-8-18/h9-12,18,20H,4-8,13-15H2,1-3H3. The second-order valence-corrected chi connectivity index (χ2v) is 7.31. The van der Waals surface area contributed by atoms with Crippen LogP contribution in [0, 0.1) is 0 Å². The van der Waals surface area contributed by atoms with Crippen LogP contribution in [0.15, 0.2) is 24.3 Å². The lowest BCUT2D eigenvalue weighted by atomic mass is 9.98. The Hall–Kier alpha value is -0.860. The Balaban J connectivity index is 1.71. The van der Waals surface area contributed by atoms with Gasteiger partial charge in [0.1, 0.15) is 0 Å². The van der Waals surface area contributed by atoms with Gasteiger partial charge in [0.25, 0.3) is 0 Å². The molecule has 2 heteroatoms. The molecule has 1 aromatic rings. The maximum Gasteiger partial charge on any atom is 0.0720 e. The zero-order valence-electron chi connectivity index (χ0n) is 14.0. The lowest BCUT2D eigenvalue weighted by Gasteiger charge is -2.22. The molecule has 1 aromatic carbocycles. The summed E-state index contributed by atoms with van der Waals surface area (Å²) in [5.74, 6) is 0. The van der Waals surface area contributed by atoms with Crippen LogP contribution in [0.25, 0.3) is 0 Å². The average Bonchev–Trinajstić information content (AvgIpc) is 2.46. The van der Waals surface area contributed by atoms with Gasteiger partial charge in [-0.25, -0.2) is 0 Å². The molecule has 1 saturated carbocycles. The van der Waals surface area contributed by atoms with Gasteiger partial charge in [0.05, 0.1) is 12.7 Å². The van der Waals surface area contributed by atoms with Gasteiger partial charge >= 0.3 is 0 Å². The van der Waals surface area contributed by atoms with Crippen LogP contribution < -0.4 is 5.32 Å². The molecule has 0 aromatic heterocycles. The normalized spacial score (nSPS) is 17.1. The highest BCUT2D eigenvalue weighted by Crippen LogP contribution is 2.21. The molecule has 0 saturated heterocycles. The second-order valence-electron chi connectivity index (χ2n) is 7.31. The maximum atomic E-state index is 6.02. The van der Waals surface area contributed by atoms with Crippen LogP contribution in [0.5, 0.6) is 0 Å². The molecule has 0 atom stereocenters. The first-order valence-electron chi connectivity index (χ1n) is 8.47. The molecule has 1 aliphatic rings. The zero-order valence-corrected chi connectivity index (χ0v) is 14.0. The van der Waals surface area contributed by atoms with Gasteiger partial charge in [0.15, 0.2) is 0 Å². The zero-order chi connectivity index (χ0) is 15.1. The minimum Gasteiger partial charge on any atom is -0.374 e. The van der Waals surface area contributed by atoms with E-state index in [9.17, 15) is 0 Å². The summed E-state index contributed by atoms with van der Waals surface area (Å²) in [6.07, 6.45) is 8.13. The van der Waals surface area contributed by atoms with E-state index >= 15 is 0 Å². The molecule has 0 aliphatic heterocycles. The number of benzene rings is 1. The summed E-state index contributed by atoms with van der Waals surface area (Å²) >= 11 is 0. The Morgan fingerprint density at radius 1 is 1.00 bits per heavy atom. The van der Waals surface area contributed by atoms with Crippen LogP contribution >= 0.6 is 0 Å². The second kappa shape index (κ2) is 7.95. The molecule has 0 bridgehead atoms. The van der Waals surface area contributed by atoms with Crippen molar-refractivity contribution in [3.63, 3.8) is 0 Å². The van der Waals surface area contributed by atoms with E-state index in [0.717, 1.165) is 19.6 Å². The number of hydrogen-bond acceptors (Lipinski definition) is 2. The number of rotatable bonds is 6. The van der Waals surface area contributed by atoms with E-state index in [0.29, 0.717) is 6.10 Å². The molecule has 2 rings (SSSR count). The van der Waals surface area contributed by atoms with Crippen LogP contribution in [0.1, 0.15) is 64.0 Å². The summed E-state index contributed by atoms with van der Waals surface area (Å²) in [5.41, 5.74) is 2.90. The molecular weight excluding hydrogens is 258 g/mol. The average molecular weight is 289 g/mol. The van der Waals surface area contributed by atoms with E-state index in [-0.39, 0.29) is 5.54 Å². The molecule has 0 amide bonds. The van der Waals surface area contributed by atoms with Gasteiger partial charge in [-0.05, 0) is 57.7 Å². The maximum absolute atomic E-state index is 6.02. The monoisotopic (exact) mass is 289 g/mol. The highest BCUT2D eigenvalue weighted by Gasteiger charge is 2.13. The molecular formula is C19H31NO. The van der Waals surface area contributed by atoms with Gasteiger partial charge in [0.2, 0.25) is 0 Å². The smallest absolute Gasteiger partial charge is 0.0720 e. The van der Waals surface area contributed by atoms with Crippen molar-refractivity contribution in [2.45, 2.75) is 77.5 Å². The van der Waals surface area contributed by atoms with Crippen LogP contribution in [0.4, 0.5) is 0 Å². The van der Waals surface area contributed by atoms with E-state index in [2.05, 4.69) is 50.4 Å². The van der Waals surface area contributed by atoms with Crippen molar-refractivity contribution in [3.05, 3.63) is 35.4 Å². The van der Waals surface area contributed by atoms with E-state index in [4.69, 9.17) is 4.74 Å². The number of ether oxygens (including phenoxy) is 1. The van der Waals surface area contributed by atoms with E-state index in [1.54, 1.807) is 0 Å². The molecule has 0 radical (unpaired) electrons. The topological polar surface area (TPSA) is 21.3 Å². The molecule has 2 nitrogen and oxygen atoms in total. The summed E-state index contributed by atoms with van der Waals surface area (Å²) in [4.78, 5) is 0. The highest BCUT2D eigenvalue weighted by atomic mass is 16.5. The summed E-state index contributed by atoms with van der Waals surface area (Å²) < 4.78 is 6.02. The van der Waals surface area contributed by atoms with Crippen LogP contribution in [-0.4, -0.2) is 18.2 Å². The van der Waals surface area contributed by atoms with Crippen molar-refractivity contribution >= 4 is 0 Å². The van der Waals surface area contributed by atoms with Crippen molar-refractivity contribution in [1.82, 2.24) is 5.32 Å². The fourth-order valence-electron chi connectivity index (χ4n) is 2.83. The summed E-state index contributed by atoms with van der Waals surface area (Å²) in [6, 6.07) is 8.91. The molecule has 0 heterocycles. The van der Waals surface area contributed by atoms with Crippen LogP contribution in [-0.2, 0) is 17.8 Å². The van der Waals surface area contributed by atoms with Gasteiger partial charge in [-0.15, -0.1) is 0 Å². The first-order valence-corrected chi connectivity index (χ1v) is 8.47. The fraction of sp³-hybridized carbons (Fsp3) is 0.684. The lowest BCUT2D eigenvalue weighted by molar-refractivity contribution is 0.0169. The SMILES string of the molecule is CC(C)(C)NCCc1ccc(COC2CCCCC2)cc1. The highest BCUT2D eigenvalue weighted by molar-refractivity contribution is 5.22. The molecule has 1 aliphatic carbocycles. The van der Waals surface area contributed by atoms with E-state index in [1.165, 1.54) is 43.2 Å². The predicted octanol–water partition coefficient (Wildman–Crippen LogP) is 4.47. The Bertz CT molecular complexity index is 399. The molecule has 21 heavy (non-hydrogen) atoms. The minimum absolute atomic E-state index is 0.202. The third kappa shape index (κ3) is 6.62. The summed E-state index contributed by atoms with van der Waals surface area (Å²) in [6.45, 7) is 8.42. The van der Waals surface area contributed by atoms with Gasteiger partial charge in [-0.1, -0.05) is 43.5 Å². The third-order valence-electron chi connectivity index (χ3n) is 4.13. The first-order chi connectivity index (χ1) is 10.0. The largest absolute Gasteiger partial charge is 0.374 e. The van der Waals surface area contributed by atoms with Gasteiger partial charge in [-0.3, -0.25) is 0 Å². The fourth-order valence-corrected chi connectivity index (χ4v) is 2.83. The Labute approximate surface area is 130 Å². The van der Waals surface area contributed by atoms with Gasteiger partial charge in [0, 0.05) is 5.54 Å². The summed E-state index contributed by atoms with van der Waals surface area (Å²) in [5, 5.41) is 3.53. The molecule has 1 N–H and O–H groups in total. The number of nitrogens with one attached hydrogen (secondary N) is 1. The van der Waals surface area contributed by atoms with E-state index < -0.39 is 0 Å². The van der Waals surface area contributed by atoms with Gasteiger partial charge < -0.3 is 10.1 Å². The van der Waals surface area contributed by atoms with Crippen molar-refractivity contribution in [2.75, 3.05) is 6.54 Å². The molecule has 118 valence electrons. The third-order valence-corrected chi connectivity index (χ3v) is 4.13. The van der Waals surface area contributed by atoms with Crippen molar-refractivity contribution in [3.8, 4) is 0 Å². The first kappa shape index (κ1) is 16.5. The Morgan fingerprint density at radius 3 is 2.24 bits per heavy atom. The predicted molar refractivity (Wildman–Crippen MR) is 89.6 cm³/mol. The quantitative estimate of drug-likeness (QED) is 0.834. The Morgan fingerprint density at radius 2 is 1.62 bits per heavy atom. The van der Waals surface area contributed by atoms with Crippen molar-refractivity contribution in [1.29, 1.82) is 0 Å². The molecule has 0 spiro atoms. The molecule has 0 unspecified atom stereocenters. The molecule has 1 fully saturated rings. The number of hydrogen-bond donors (Lipinski definition) is 1. The van der Waals surface area contributed by atoms with Crippen LogP contribution in [0.2, 0.25) is 0 Å². The van der Waals surface area contributed by atoms with Crippen molar-refractivity contribution in [2.24, 2.45) is 0 Å². The lowest BCUT2D eigenvalue weighted by Crippen LogP contribution is -2.37. The van der Waals surface area contributed by atoms with E-state index in [1.807, 2.05) is 0 Å². The van der Waals surface area contributed by atoms with Crippen molar-refractivity contribution < 1.29 is 4.74 Å².